The number of carbonyl (C=O) groups is 2. The molecular formula is C25H31ClF2N5O3+. The van der Waals surface area contributed by atoms with Crippen LogP contribution in [0.4, 0.5) is 19.3 Å². The van der Waals surface area contributed by atoms with E-state index in [9.17, 15) is 18.4 Å². The van der Waals surface area contributed by atoms with Crippen molar-refractivity contribution in [2.45, 2.75) is 56.3 Å². The van der Waals surface area contributed by atoms with Crippen LogP contribution in [0.1, 0.15) is 32.6 Å². The van der Waals surface area contributed by atoms with Gasteiger partial charge in [0, 0.05) is 22.7 Å². The molecule has 1 spiro atoms. The number of ether oxygens (including phenoxy) is 1. The number of urea groups is 1. The summed E-state index contributed by atoms with van der Waals surface area (Å²) in [5, 5.41) is 3.24. The predicted molar refractivity (Wildman–Crippen MR) is 131 cm³/mol. The maximum absolute atomic E-state index is 14.6. The molecule has 0 unspecified atom stereocenters. The summed E-state index contributed by atoms with van der Waals surface area (Å²) in [5.41, 5.74) is -1.54. The Morgan fingerprint density at radius 1 is 1.31 bits per heavy atom. The fourth-order valence-corrected chi connectivity index (χ4v) is 6.02. The van der Waals surface area contributed by atoms with E-state index in [0.717, 1.165) is 0 Å². The van der Waals surface area contributed by atoms with Crippen molar-refractivity contribution in [3.05, 3.63) is 34.1 Å². The van der Waals surface area contributed by atoms with Crippen LogP contribution in [0.2, 0.25) is 5.02 Å². The maximum Gasteiger partial charge on any atom is 0.398 e. The van der Waals surface area contributed by atoms with Gasteiger partial charge < -0.3 is 15.0 Å². The van der Waals surface area contributed by atoms with Crippen molar-refractivity contribution in [2.24, 2.45) is 5.41 Å². The van der Waals surface area contributed by atoms with Gasteiger partial charge in [-0.3, -0.25) is 14.6 Å². The molecule has 1 aromatic rings. The van der Waals surface area contributed by atoms with Crippen molar-refractivity contribution in [3.63, 3.8) is 0 Å². The number of likely N-dealkylation sites (tertiary alicyclic amines) is 1. The second-order valence-corrected chi connectivity index (χ2v) is 11.0. The number of piperidine rings is 1. The van der Waals surface area contributed by atoms with Crippen LogP contribution < -0.4 is 5.32 Å². The quantitative estimate of drug-likeness (QED) is 0.649. The first-order chi connectivity index (χ1) is 17.1. The van der Waals surface area contributed by atoms with E-state index in [1.165, 1.54) is 4.90 Å². The lowest BCUT2D eigenvalue weighted by molar-refractivity contribution is -0.171. The summed E-state index contributed by atoms with van der Waals surface area (Å²) < 4.78 is 35.1. The second kappa shape index (κ2) is 9.12. The van der Waals surface area contributed by atoms with Gasteiger partial charge in [0.05, 0.1) is 19.2 Å². The Bertz CT molecular complexity index is 1090. The Labute approximate surface area is 214 Å². The van der Waals surface area contributed by atoms with Crippen LogP contribution in [0.15, 0.2) is 24.3 Å². The Hall–Kier alpha value is -2.48. The third-order valence-electron chi connectivity index (χ3n) is 8.26. The van der Waals surface area contributed by atoms with Gasteiger partial charge in [-0.25, -0.2) is 13.6 Å². The molecule has 0 aromatic heterocycles. The minimum absolute atomic E-state index is 0.0452. The molecule has 5 rings (SSSR count). The molecule has 1 aliphatic carbocycles. The van der Waals surface area contributed by atoms with Gasteiger partial charge in [0.2, 0.25) is 0 Å². The molecule has 1 aromatic carbocycles. The van der Waals surface area contributed by atoms with Crippen LogP contribution in [-0.4, -0.2) is 89.7 Å². The molecule has 8 nitrogen and oxygen atoms in total. The number of anilines is 1. The van der Waals surface area contributed by atoms with E-state index >= 15 is 0 Å². The molecule has 194 valence electrons. The molecule has 36 heavy (non-hydrogen) atoms. The topological polar surface area (TPSA) is 69.5 Å². The number of hydrogen-bond donors (Lipinski definition) is 1. The zero-order valence-electron chi connectivity index (χ0n) is 20.3. The Kier molecular flexibility index (Phi) is 6.38. The SMILES string of the molecule is C#[N+][C@@]12COC[C@H](CCN3CCC4(CC4)C(F)(F)C3)N1C(=O)[C@H](C)N(C(=O)Nc1cccc(Cl)c1)C2. The molecule has 4 fully saturated rings. The van der Waals surface area contributed by atoms with Gasteiger partial charge in [-0.1, -0.05) is 22.5 Å². The molecular weight excluding hydrogens is 492 g/mol. The Morgan fingerprint density at radius 2 is 2.08 bits per heavy atom. The minimum atomic E-state index is -2.68. The van der Waals surface area contributed by atoms with Crippen molar-refractivity contribution in [2.75, 3.05) is 44.7 Å². The van der Waals surface area contributed by atoms with Gasteiger partial charge in [0.25, 0.3) is 18.4 Å². The van der Waals surface area contributed by atoms with Gasteiger partial charge in [-0.05, 0) is 57.4 Å². The van der Waals surface area contributed by atoms with Crippen LogP contribution in [0.25, 0.3) is 4.85 Å². The molecule has 3 saturated heterocycles. The van der Waals surface area contributed by atoms with E-state index in [1.54, 1.807) is 41.0 Å². The number of benzene rings is 1. The number of alkyl halides is 2. The average Bonchev–Trinajstić information content (AvgIpc) is 3.63. The average molecular weight is 523 g/mol. The van der Waals surface area contributed by atoms with E-state index in [2.05, 4.69) is 10.2 Å². The number of nitrogens with one attached hydrogen (secondary N) is 1. The van der Waals surface area contributed by atoms with Gasteiger partial charge in [-0.2, -0.15) is 0 Å². The summed E-state index contributed by atoms with van der Waals surface area (Å²) in [4.78, 5) is 35.5. The number of nitrogens with zero attached hydrogens (tertiary/aromatic N) is 4. The smallest absolute Gasteiger partial charge is 0.368 e. The lowest BCUT2D eigenvalue weighted by Gasteiger charge is -2.49. The highest BCUT2D eigenvalue weighted by Gasteiger charge is 2.64. The largest absolute Gasteiger partial charge is 0.398 e. The predicted octanol–water partition coefficient (Wildman–Crippen LogP) is 3.97. The summed E-state index contributed by atoms with van der Waals surface area (Å²) in [6.45, 7) is 8.62. The summed E-state index contributed by atoms with van der Waals surface area (Å²) in [7, 11) is 0. The maximum atomic E-state index is 14.6. The van der Waals surface area contributed by atoms with Crippen LogP contribution in [0, 0.1) is 12.0 Å². The molecule has 3 amide bonds. The third kappa shape index (κ3) is 4.31. The van der Waals surface area contributed by atoms with Crippen LogP contribution in [0.5, 0.6) is 0 Å². The van der Waals surface area contributed by atoms with Crippen molar-refractivity contribution < 1.29 is 23.1 Å². The number of carbonyl (C=O) groups excluding carboxylic acids is 2. The summed E-state index contributed by atoms with van der Waals surface area (Å²) in [6, 6.07) is 5.08. The lowest BCUT2D eigenvalue weighted by Crippen LogP contribution is -2.74. The molecule has 3 atom stereocenters. The standard InChI is InChI=1S/C25H30ClF2N5O3/c1-17-21(34)33-20(6-10-31-11-9-23(7-8-23)25(27,28)15-31)13-36-16-24(33,29-2)14-32(17)22(35)30-19-5-3-4-18(26)12-19/h2-5,12,17,20H,6-11,13-16H2,1H3/p+1/t17-,20-,24+/m0/s1. The first-order valence-electron chi connectivity index (χ1n) is 12.4. The highest BCUT2D eigenvalue weighted by Crippen LogP contribution is 2.61. The Morgan fingerprint density at radius 3 is 2.75 bits per heavy atom. The number of piperazine rings is 1. The molecule has 0 bridgehead atoms. The molecule has 11 heteroatoms. The number of halogens is 3. The van der Waals surface area contributed by atoms with E-state index in [4.69, 9.17) is 22.9 Å². The number of amides is 3. The minimum Gasteiger partial charge on any atom is -0.368 e. The summed E-state index contributed by atoms with van der Waals surface area (Å²) >= 11 is 6.02. The van der Waals surface area contributed by atoms with Crippen molar-refractivity contribution in [1.29, 1.82) is 0 Å². The van der Waals surface area contributed by atoms with E-state index in [-0.39, 0.29) is 38.3 Å². The molecule has 1 saturated carbocycles. The first-order valence-corrected chi connectivity index (χ1v) is 12.7. The number of morpholine rings is 1. The van der Waals surface area contributed by atoms with Gasteiger partial charge in [-0.15, -0.1) is 0 Å². The third-order valence-corrected chi connectivity index (χ3v) is 8.49. The molecule has 3 heterocycles. The van der Waals surface area contributed by atoms with Gasteiger partial charge in [0.15, 0.2) is 6.61 Å². The van der Waals surface area contributed by atoms with Crippen molar-refractivity contribution in [3.8, 4) is 6.57 Å². The zero-order valence-corrected chi connectivity index (χ0v) is 21.0. The van der Waals surface area contributed by atoms with Gasteiger partial charge >= 0.3 is 11.7 Å². The zero-order chi connectivity index (χ0) is 25.7. The monoisotopic (exact) mass is 522 g/mol. The van der Waals surface area contributed by atoms with Crippen LogP contribution in [0.3, 0.4) is 0 Å². The van der Waals surface area contributed by atoms with Crippen LogP contribution >= 0.6 is 11.6 Å². The summed E-state index contributed by atoms with van der Waals surface area (Å²) in [6.07, 6.45) is 2.16. The molecule has 4 aliphatic rings. The molecule has 0 radical (unpaired) electrons. The highest BCUT2D eigenvalue weighted by molar-refractivity contribution is 6.30. The highest BCUT2D eigenvalue weighted by atomic mass is 35.5. The first kappa shape index (κ1) is 25.2. The normalized spacial score (nSPS) is 31.0. The number of hydrogen-bond acceptors (Lipinski definition) is 4. The number of fused-ring (bicyclic) bond motifs is 1. The van der Waals surface area contributed by atoms with Crippen molar-refractivity contribution >= 4 is 29.2 Å². The fourth-order valence-electron chi connectivity index (χ4n) is 5.83. The van der Waals surface area contributed by atoms with Crippen molar-refractivity contribution in [1.82, 2.24) is 14.7 Å². The van der Waals surface area contributed by atoms with Crippen LogP contribution in [-0.2, 0) is 9.53 Å². The lowest BCUT2D eigenvalue weighted by atomic mass is 9.89. The number of rotatable bonds is 4. The second-order valence-electron chi connectivity index (χ2n) is 10.5. The van der Waals surface area contributed by atoms with E-state index in [1.807, 2.05) is 0 Å². The molecule has 3 aliphatic heterocycles. The van der Waals surface area contributed by atoms with Gasteiger partial charge in [0.1, 0.15) is 12.6 Å². The van der Waals surface area contributed by atoms with E-state index < -0.39 is 29.1 Å². The molecule has 1 N–H and O–H groups in total. The van der Waals surface area contributed by atoms with E-state index in [0.29, 0.717) is 49.5 Å². The Balaban J connectivity index is 1.28. The summed E-state index contributed by atoms with van der Waals surface area (Å²) in [5.74, 6) is -2.98. The fraction of sp³-hybridized carbons (Fsp3) is 0.640.